The Balaban J connectivity index is 2.06. The minimum absolute atomic E-state index is 0.0736. The number of aliphatic hydroxyl groups is 1. The highest BCUT2D eigenvalue weighted by Crippen LogP contribution is 2.21. The Bertz CT molecular complexity index is 704. The van der Waals surface area contributed by atoms with Gasteiger partial charge in [0.1, 0.15) is 11.5 Å². The summed E-state index contributed by atoms with van der Waals surface area (Å²) in [5.41, 5.74) is 1.20. The van der Waals surface area contributed by atoms with Crippen LogP contribution in [-0.4, -0.2) is 27.3 Å². The van der Waals surface area contributed by atoms with Crippen molar-refractivity contribution in [2.45, 2.75) is 32.3 Å². The summed E-state index contributed by atoms with van der Waals surface area (Å²) in [7, 11) is 1.69. The minimum atomic E-state index is -1.10. The molecule has 1 heterocycles. The summed E-state index contributed by atoms with van der Waals surface area (Å²) in [6, 6.07) is 7.68. The van der Waals surface area contributed by atoms with Crippen LogP contribution in [0.3, 0.4) is 0 Å². The van der Waals surface area contributed by atoms with Crippen LogP contribution in [0.15, 0.2) is 30.3 Å². The lowest BCUT2D eigenvalue weighted by molar-refractivity contribution is 0.0904. The second kappa shape index (κ2) is 6.50. The molecule has 0 saturated carbocycles. The molecule has 124 valence electrons. The van der Waals surface area contributed by atoms with E-state index in [0.29, 0.717) is 5.69 Å². The summed E-state index contributed by atoms with van der Waals surface area (Å²) >= 11 is 0. The van der Waals surface area contributed by atoms with Gasteiger partial charge in [-0.25, -0.2) is 4.39 Å². The molecule has 1 aromatic carbocycles. The van der Waals surface area contributed by atoms with Crippen LogP contribution >= 0.6 is 0 Å². The van der Waals surface area contributed by atoms with E-state index in [1.807, 2.05) is 20.8 Å². The molecule has 0 aliphatic carbocycles. The number of nitrogens with one attached hydrogen (secondary N) is 1. The van der Waals surface area contributed by atoms with Crippen molar-refractivity contribution in [3.8, 4) is 0 Å². The number of benzene rings is 1. The van der Waals surface area contributed by atoms with E-state index < -0.39 is 11.9 Å². The van der Waals surface area contributed by atoms with Gasteiger partial charge in [0.25, 0.3) is 5.91 Å². The van der Waals surface area contributed by atoms with Gasteiger partial charge in [-0.15, -0.1) is 0 Å². The molecule has 0 fully saturated rings. The van der Waals surface area contributed by atoms with E-state index in [9.17, 15) is 14.3 Å². The van der Waals surface area contributed by atoms with Crippen LogP contribution in [0, 0.1) is 5.82 Å². The highest BCUT2D eigenvalue weighted by Gasteiger charge is 2.22. The molecule has 1 aromatic heterocycles. The third-order valence-electron chi connectivity index (χ3n) is 3.60. The fourth-order valence-electron chi connectivity index (χ4n) is 2.18. The van der Waals surface area contributed by atoms with Gasteiger partial charge in [0, 0.05) is 24.6 Å². The zero-order valence-corrected chi connectivity index (χ0v) is 13.8. The molecule has 23 heavy (non-hydrogen) atoms. The molecule has 6 heteroatoms. The van der Waals surface area contributed by atoms with Crippen LogP contribution in [0.4, 0.5) is 4.39 Å². The number of rotatable bonds is 4. The average molecular weight is 319 g/mol. The number of aryl methyl sites for hydroxylation is 1. The number of carbonyl (C=O) groups is 1. The molecule has 1 unspecified atom stereocenters. The zero-order chi connectivity index (χ0) is 17.2. The summed E-state index contributed by atoms with van der Waals surface area (Å²) < 4.78 is 15.1. The summed E-state index contributed by atoms with van der Waals surface area (Å²) in [4.78, 5) is 12.2. The van der Waals surface area contributed by atoms with Crippen molar-refractivity contribution in [3.05, 3.63) is 53.1 Å². The highest BCUT2D eigenvalue weighted by atomic mass is 19.1. The van der Waals surface area contributed by atoms with Gasteiger partial charge in [0.15, 0.2) is 0 Å². The highest BCUT2D eigenvalue weighted by molar-refractivity contribution is 5.92. The van der Waals surface area contributed by atoms with E-state index in [2.05, 4.69) is 10.4 Å². The van der Waals surface area contributed by atoms with E-state index >= 15 is 0 Å². The molecule has 2 N–H and O–H groups in total. The molecule has 0 saturated heterocycles. The number of aromatic nitrogens is 2. The first-order valence-electron chi connectivity index (χ1n) is 7.45. The lowest BCUT2D eigenvalue weighted by atomic mass is 9.92. The van der Waals surface area contributed by atoms with Crippen molar-refractivity contribution in [3.63, 3.8) is 0 Å². The summed E-state index contributed by atoms with van der Waals surface area (Å²) in [6.45, 7) is 5.96. The molecule has 1 amide bonds. The van der Waals surface area contributed by atoms with Crippen molar-refractivity contribution in [2.24, 2.45) is 7.05 Å². The molecule has 0 spiro atoms. The van der Waals surface area contributed by atoms with Gasteiger partial charge in [-0.1, -0.05) is 39.0 Å². The number of hydrogen-bond acceptors (Lipinski definition) is 3. The molecule has 1 atom stereocenters. The van der Waals surface area contributed by atoms with E-state index in [1.54, 1.807) is 25.2 Å². The fourth-order valence-corrected chi connectivity index (χ4v) is 2.18. The van der Waals surface area contributed by atoms with Crippen molar-refractivity contribution in [2.75, 3.05) is 6.54 Å². The predicted octanol–water partition coefficient (Wildman–Crippen LogP) is 2.32. The van der Waals surface area contributed by atoms with Gasteiger partial charge >= 0.3 is 0 Å². The van der Waals surface area contributed by atoms with E-state index in [1.165, 1.54) is 16.8 Å². The molecule has 2 rings (SSSR count). The normalized spacial score (nSPS) is 13.0. The number of halogens is 1. The SMILES string of the molecule is Cn1nc(C(C)(C)C)cc1C(=O)NCC(O)c1ccccc1F. The van der Waals surface area contributed by atoms with Crippen molar-refractivity contribution in [1.82, 2.24) is 15.1 Å². The molecule has 0 radical (unpaired) electrons. The van der Waals surface area contributed by atoms with Crippen LogP contribution in [0.25, 0.3) is 0 Å². The monoisotopic (exact) mass is 319 g/mol. The summed E-state index contributed by atoms with van der Waals surface area (Å²) in [6.07, 6.45) is -1.10. The molecule has 2 aromatic rings. The van der Waals surface area contributed by atoms with Crippen LogP contribution in [0.1, 0.15) is 48.6 Å². The third-order valence-corrected chi connectivity index (χ3v) is 3.60. The number of carbonyl (C=O) groups excluding carboxylic acids is 1. The second-order valence-corrected chi connectivity index (χ2v) is 6.54. The number of nitrogens with zero attached hydrogens (tertiary/aromatic N) is 2. The maximum Gasteiger partial charge on any atom is 0.269 e. The molecule has 0 aliphatic rings. The van der Waals surface area contributed by atoms with Crippen molar-refractivity contribution < 1.29 is 14.3 Å². The fraction of sp³-hybridized carbons (Fsp3) is 0.412. The van der Waals surface area contributed by atoms with Gasteiger partial charge in [0.2, 0.25) is 0 Å². The van der Waals surface area contributed by atoms with Crippen molar-refractivity contribution >= 4 is 5.91 Å². The minimum Gasteiger partial charge on any atom is -0.386 e. The first kappa shape index (κ1) is 17.1. The summed E-state index contributed by atoms with van der Waals surface area (Å²) in [5.74, 6) is -0.851. The lowest BCUT2D eigenvalue weighted by Gasteiger charge is -2.13. The first-order chi connectivity index (χ1) is 10.7. The lowest BCUT2D eigenvalue weighted by Crippen LogP contribution is -2.30. The standard InChI is InChI=1S/C17H22FN3O2/c1-17(2,3)15-9-13(21(4)20-15)16(23)19-10-14(22)11-7-5-6-8-12(11)18/h5-9,14,22H,10H2,1-4H3,(H,19,23). The number of aliphatic hydroxyl groups excluding tert-OH is 1. The van der Waals surface area contributed by atoms with Crippen molar-refractivity contribution in [1.29, 1.82) is 0 Å². The van der Waals surface area contributed by atoms with Crippen LogP contribution < -0.4 is 5.32 Å². The third kappa shape index (κ3) is 3.96. The maximum atomic E-state index is 13.6. The Morgan fingerprint density at radius 2 is 2.04 bits per heavy atom. The van der Waals surface area contributed by atoms with Crippen LogP contribution in [-0.2, 0) is 12.5 Å². The topological polar surface area (TPSA) is 67.2 Å². The van der Waals surface area contributed by atoms with E-state index in [-0.39, 0.29) is 23.4 Å². The largest absolute Gasteiger partial charge is 0.386 e. The second-order valence-electron chi connectivity index (χ2n) is 6.54. The first-order valence-corrected chi connectivity index (χ1v) is 7.45. The summed E-state index contributed by atoms with van der Waals surface area (Å²) in [5, 5.41) is 17.0. The Kier molecular flexibility index (Phi) is 4.85. The number of hydrogen-bond donors (Lipinski definition) is 2. The van der Waals surface area contributed by atoms with Gasteiger partial charge in [-0.3, -0.25) is 9.48 Å². The zero-order valence-electron chi connectivity index (χ0n) is 13.8. The van der Waals surface area contributed by atoms with Crippen LogP contribution in [0.2, 0.25) is 0 Å². The molecular weight excluding hydrogens is 297 g/mol. The molecule has 0 bridgehead atoms. The predicted molar refractivity (Wildman–Crippen MR) is 85.6 cm³/mol. The van der Waals surface area contributed by atoms with Gasteiger partial charge in [0.05, 0.1) is 11.8 Å². The Morgan fingerprint density at radius 1 is 1.39 bits per heavy atom. The van der Waals surface area contributed by atoms with Gasteiger partial charge in [-0.2, -0.15) is 5.10 Å². The van der Waals surface area contributed by atoms with Gasteiger partial charge in [-0.05, 0) is 12.1 Å². The molecular formula is C17H22FN3O2. The van der Waals surface area contributed by atoms with E-state index in [0.717, 1.165) is 5.69 Å². The average Bonchev–Trinajstić information content (AvgIpc) is 2.87. The maximum absolute atomic E-state index is 13.6. The van der Waals surface area contributed by atoms with Gasteiger partial charge < -0.3 is 10.4 Å². The van der Waals surface area contributed by atoms with E-state index in [4.69, 9.17) is 0 Å². The Labute approximate surface area is 135 Å². The number of amides is 1. The quantitative estimate of drug-likeness (QED) is 0.909. The Morgan fingerprint density at radius 3 is 2.61 bits per heavy atom. The molecule has 0 aliphatic heterocycles. The Hall–Kier alpha value is -2.21. The smallest absolute Gasteiger partial charge is 0.269 e. The van der Waals surface area contributed by atoms with Crippen LogP contribution in [0.5, 0.6) is 0 Å². The molecule has 5 nitrogen and oxygen atoms in total.